The Labute approximate surface area is 57.1 Å². The molecule has 0 aromatic rings. The van der Waals surface area contributed by atoms with E-state index in [0.29, 0.717) is 13.1 Å². The van der Waals surface area contributed by atoms with Crippen LogP contribution in [0.3, 0.4) is 0 Å². The van der Waals surface area contributed by atoms with Gasteiger partial charge in [0.05, 0.1) is 0 Å². The third kappa shape index (κ3) is 3.01. The lowest BCUT2D eigenvalue weighted by atomic mass is 10.7. The van der Waals surface area contributed by atoms with E-state index in [4.69, 9.17) is 0 Å². The van der Waals surface area contributed by atoms with Crippen LogP contribution >= 0.6 is 11.0 Å². The Bertz CT molecular complexity index is 77.5. The minimum atomic E-state index is -3.43. The van der Waals surface area contributed by atoms with Gasteiger partial charge in [0.1, 0.15) is 11.0 Å². The molecule has 0 aliphatic rings. The van der Waals surface area contributed by atoms with Gasteiger partial charge in [-0.25, -0.2) is 4.31 Å². The van der Waals surface area contributed by atoms with Crippen LogP contribution in [0.25, 0.3) is 0 Å². The maximum absolute atomic E-state index is 12.4. The molecule has 0 aliphatic carbocycles. The Morgan fingerprint density at radius 2 is 1.56 bits per heavy atom. The first-order valence-corrected chi connectivity index (χ1v) is 4.74. The van der Waals surface area contributed by atoms with E-state index in [-0.39, 0.29) is 0 Å². The first-order valence-electron chi connectivity index (χ1n) is 2.95. The van der Waals surface area contributed by atoms with Crippen LogP contribution in [-0.2, 0) is 0 Å². The van der Waals surface area contributed by atoms with Crippen LogP contribution in [0, 0.1) is 0 Å². The predicted molar refractivity (Wildman–Crippen MR) is 38.7 cm³/mol. The maximum atomic E-state index is 12.4. The van der Waals surface area contributed by atoms with E-state index in [1.807, 2.05) is 0 Å². The topological polar surface area (TPSA) is 3.24 Å². The van der Waals surface area contributed by atoms with Crippen molar-refractivity contribution in [1.82, 2.24) is 4.31 Å². The van der Waals surface area contributed by atoms with Crippen molar-refractivity contribution >= 4 is 11.0 Å². The molecule has 0 saturated heterocycles. The van der Waals surface area contributed by atoms with Crippen molar-refractivity contribution in [1.29, 1.82) is 0 Å². The average Bonchev–Trinajstić information content (AvgIpc) is 1.65. The van der Waals surface area contributed by atoms with Crippen LogP contribution in [0.2, 0.25) is 0 Å². The number of hydrogen-bond acceptors (Lipinski definition) is 1. The summed E-state index contributed by atoms with van der Waals surface area (Å²) in [7, 11) is -3.43. The summed E-state index contributed by atoms with van der Waals surface area (Å²) in [6, 6.07) is 0. The van der Waals surface area contributed by atoms with Crippen LogP contribution < -0.4 is 0 Å². The first-order chi connectivity index (χ1) is 4.02. The summed E-state index contributed by atoms with van der Waals surface area (Å²) in [6.45, 7) is 4.37. The molecule has 1 nitrogen and oxygen atoms in total. The molecular weight excluding hydrogens is 144 g/mol. The van der Waals surface area contributed by atoms with Gasteiger partial charge >= 0.3 is 0 Å². The summed E-state index contributed by atoms with van der Waals surface area (Å²) in [6.07, 6.45) is 1.00. The molecule has 58 valence electrons. The third-order valence-electron chi connectivity index (χ3n) is 1.16. The lowest BCUT2D eigenvalue weighted by Crippen LogP contribution is -2.21. The molecule has 0 unspecified atom stereocenters. The zero-order valence-electron chi connectivity index (χ0n) is 6.03. The molecule has 0 aromatic heterocycles. The number of halogens is 2. The normalized spacial score (nSPS) is 14.4. The summed E-state index contributed by atoms with van der Waals surface area (Å²) in [5.41, 5.74) is 0. The average molecular weight is 157 g/mol. The van der Waals surface area contributed by atoms with Gasteiger partial charge in [-0.3, -0.25) is 0 Å². The van der Waals surface area contributed by atoms with Crippen LogP contribution in [-0.4, -0.2) is 23.7 Å². The van der Waals surface area contributed by atoms with Gasteiger partial charge in [-0.15, -0.1) is 7.77 Å². The van der Waals surface area contributed by atoms with E-state index in [0.717, 1.165) is 6.26 Å². The van der Waals surface area contributed by atoms with Crippen LogP contribution in [0.15, 0.2) is 0 Å². The molecule has 0 fully saturated rings. The standard InChI is InChI=1S/C5H13F2NS/c1-4-8(5-2)9(3,6)7/h4-5H2,1-3H3. The van der Waals surface area contributed by atoms with E-state index in [1.165, 1.54) is 4.31 Å². The highest BCUT2D eigenvalue weighted by atomic mass is 32.3. The van der Waals surface area contributed by atoms with E-state index in [9.17, 15) is 7.77 Å². The molecule has 0 radical (unpaired) electrons. The Balaban J connectivity index is 3.79. The minimum Gasteiger partial charge on any atom is -0.220 e. The van der Waals surface area contributed by atoms with Gasteiger partial charge in [0.2, 0.25) is 0 Å². The molecule has 0 N–H and O–H groups in total. The second kappa shape index (κ2) is 3.37. The quantitative estimate of drug-likeness (QED) is 0.608. The van der Waals surface area contributed by atoms with Gasteiger partial charge in [-0.1, -0.05) is 13.8 Å². The maximum Gasteiger partial charge on any atom is 0.116 e. The molecule has 4 heteroatoms. The molecule has 0 bridgehead atoms. The Hall–Kier alpha value is 0.170. The molecule has 0 saturated carbocycles. The third-order valence-corrected chi connectivity index (χ3v) is 2.58. The number of rotatable bonds is 3. The van der Waals surface area contributed by atoms with Gasteiger partial charge in [0, 0.05) is 19.3 Å². The van der Waals surface area contributed by atoms with E-state index in [1.54, 1.807) is 13.8 Å². The highest BCUT2D eigenvalue weighted by molar-refractivity contribution is 8.22. The Kier molecular flexibility index (Phi) is 3.43. The van der Waals surface area contributed by atoms with Crippen molar-refractivity contribution in [3.05, 3.63) is 0 Å². The molecule has 0 rings (SSSR count). The van der Waals surface area contributed by atoms with Gasteiger partial charge in [-0.2, -0.15) is 0 Å². The first kappa shape index (κ1) is 9.17. The van der Waals surface area contributed by atoms with Crippen molar-refractivity contribution in [2.75, 3.05) is 19.3 Å². The SMILES string of the molecule is CCN(CC)S(C)(F)F. The highest BCUT2D eigenvalue weighted by Crippen LogP contribution is 2.50. The fourth-order valence-corrected chi connectivity index (χ4v) is 1.58. The van der Waals surface area contributed by atoms with E-state index in [2.05, 4.69) is 0 Å². The fourth-order valence-electron chi connectivity index (χ4n) is 0.677. The molecule has 0 spiro atoms. The Morgan fingerprint density at radius 3 is 1.56 bits per heavy atom. The lowest BCUT2D eigenvalue weighted by molar-refractivity contribution is 0.458. The van der Waals surface area contributed by atoms with Crippen molar-refractivity contribution in [2.45, 2.75) is 13.8 Å². The second-order valence-electron chi connectivity index (χ2n) is 1.80. The van der Waals surface area contributed by atoms with Crippen LogP contribution in [0.5, 0.6) is 0 Å². The van der Waals surface area contributed by atoms with Crippen molar-refractivity contribution in [2.24, 2.45) is 0 Å². The van der Waals surface area contributed by atoms with Gasteiger partial charge < -0.3 is 0 Å². The van der Waals surface area contributed by atoms with Gasteiger partial charge in [-0.05, 0) is 0 Å². The monoisotopic (exact) mass is 157 g/mol. The zero-order chi connectivity index (χ0) is 7.49. The van der Waals surface area contributed by atoms with E-state index < -0.39 is 11.0 Å². The van der Waals surface area contributed by atoms with Crippen LogP contribution in [0.4, 0.5) is 7.77 Å². The van der Waals surface area contributed by atoms with Crippen molar-refractivity contribution < 1.29 is 7.77 Å². The second-order valence-corrected chi connectivity index (χ2v) is 3.69. The molecule has 0 aromatic carbocycles. The summed E-state index contributed by atoms with van der Waals surface area (Å²) in [4.78, 5) is 0. The molecule has 0 atom stereocenters. The molecule has 0 heterocycles. The summed E-state index contributed by atoms with van der Waals surface area (Å²) >= 11 is 0. The van der Waals surface area contributed by atoms with Gasteiger partial charge in [0.25, 0.3) is 0 Å². The lowest BCUT2D eigenvalue weighted by Gasteiger charge is -2.28. The van der Waals surface area contributed by atoms with Gasteiger partial charge in [0.15, 0.2) is 0 Å². The number of hydrogen-bond donors (Lipinski definition) is 0. The summed E-state index contributed by atoms with van der Waals surface area (Å²) in [5.74, 6) is 0. The molecular formula is C5H13F2NS. The molecule has 0 amide bonds. The predicted octanol–water partition coefficient (Wildman–Crippen LogP) is 2.45. The van der Waals surface area contributed by atoms with E-state index >= 15 is 0 Å². The van der Waals surface area contributed by atoms with Crippen molar-refractivity contribution in [3.63, 3.8) is 0 Å². The summed E-state index contributed by atoms with van der Waals surface area (Å²) < 4.78 is 26.0. The number of nitrogens with zero attached hydrogens (tertiary/aromatic N) is 1. The Morgan fingerprint density at radius 1 is 1.22 bits per heavy atom. The minimum absolute atomic E-state index is 0.440. The molecule has 9 heavy (non-hydrogen) atoms. The molecule has 0 aliphatic heterocycles. The van der Waals surface area contributed by atoms with Crippen LogP contribution in [0.1, 0.15) is 13.8 Å². The highest BCUT2D eigenvalue weighted by Gasteiger charge is 2.21. The summed E-state index contributed by atoms with van der Waals surface area (Å²) in [5, 5.41) is 0. The smallest absolute Gasteiger partial charge is 0.116 e. The zero-order valence-corrected chi connectivity index (χ0v) is 6.84. The fraction of sp³-hybridized carbons (Fsp3) is 1.00. The largest absolute Gasteiger partial charge is 0.220 e. The van der Waals surface area contributed by atoms with Crippen molar-refractivity contribution in [3.8, 4) is 0 Å².